The Labute approximate surface area is 145 Å². The molecule has 2 aliphatic heterocycles. The molecule has 2 heterocycles. The standard InChI is InChI=1S/C20H19NO4/c22-17-12-20(6-8-21-9-7-20)25-18-5-4-14(11-16(17)18)13-2-1-3-15(10-13)19(23)24/h1-5,10-11,21H,6-9,12H2,(H,23,24). The first-order valence-electron chi connectivity index (χ1n) is 8.47. The van der Waals surface area contributed by atoms with Crippen LogP contribution in [-0.2, 0) is 0 Å². The van der Waals surface area contributed by atoms with Crippen LogP contribution in [0, 0.1) is 0 Å². The van der Waals surface area contributed by atoms with Gasteiger partial charge >= 0.3 is 5.97 Å². The maximum Gasteiger partial charge on any atom is 0.335 e. The Hall–Kier alpha value is -2.66. The zero-order valence-electron chi connectivity index (χ0n) is 13.7. The maximum atomic E-state index is 12.7. The van der Waals surface area contributed by atoms with Crippen molar-refractivity contribution in [3.05, 3.63) is 53.6 Å². The molecule has 0 unspecified atom stereocenters. The molecule has 0 saturated carbocycles. The van der Waals surface area contributed by atoms with Crippen LogP contribution in [0.3, 0.4) is 0 Å². The van der Waals surface area contributed by atoms with Crippen LogP contribution in [0.4, 0.5) is 0 Å². The molecule has 5 heteroatoms. The lowest BCUT2D eigenvalue weighted by atomic mass is 9.82. The predicted octanol–water partition coefficient (Wildman–Crippen LogP) is 3.14. The van der Waals surface area contributed by atoms with Crippen LogP contribution in [-0.4, -0.2) is 35.5 Å². The van der Waals surface area contributed by atoms with Gasteiger partial charge in [-0.25, -0.2) is 4.79 Å². The number of carboxylic acid groups (broad SMARTS) is 1. The van der Waals surface area contributed by atoms with Gasteiger partial charge in [0.25, 0.3) is 0 Å². The Morgan fingerprint density at radius 3 is 2.60 bits per heavy atom. The maximum absolute atomic E-state index is 12.7. The number of hydrogen-bond donors (Lipinski definition) is 2. The highest BCUT2D eigenvalue weighted by Crippen LogP contribution is 2.39. The van der Waals surface area contributed by atoms with E-state index in [9.17, 15) is 9.59 Å². The van der Waals surface area contributed by atoms with Crippen molar-refractivity contribution in [2.24, 2.45) is 0 Å². The number of carbonyl (C=O) groups excluding carboxylic acids is 1. The molecule has 0 radical (unpaired) electrons. The smallest absolute Gasteiger partial charge is 0.335 e. The summed E-state index contributed by atoms with van der Waals surface area (Å²) in [4.78, 5) is 23.9. The van der Waals surface area contributed by atoms with Gasteiger partial charge in [-0.15, -0.1) is 0 Å². The molecule has 0 aromatic heterocycles. The minimum absolute atomic E-state index is 0.0967. The number of fused-ring (bicyclic) bond motifs is 1. The Balaban J connectivity index is 1.69. The van der Waals surface area contributed by atoms with E-state index in [0.29, 0.717) is 17.7 Å². The molecule has 2 aliphatic rings. The lowest BCUT2D eigenvalue weighted by Gasteiger charge is -2.41. The van der Waals surface area contributed by atoms with Crippen LogP contribution in [0.15, 0.2) is 42.5 Å². The molecule has 0 aliphatic carbocycles. The molecule has 25 heavy (non-hydrogen) atoms. The minimum atomic E-state index is -0.966. The van der Waals surface area contributed by atoms with Gasteiger partial charge in [-0.2, -0.15) is 0 Å². The number of carboxylic acids is 1. The molecule has 0 amide bonds. The highest BCUT2D eigenvalue weighted by Gasteiger charge is 2.41. The van der Waals surface area contributed by atoms with Crippen molar-refractivity contribution in [3.63, 3.8) is 0 Å². The summed E-state index contributed by atoms with van der Waals surface area (Å²) in [5, 5.41) is 12.5. The number of hydrogen-bond acceptors (Lipinski definition) is 4. The fraction of sp³-hybridized carbons (Fsp3) is 0.300. The minimum Gasteiger partial charge on any atom is -0.486 e. The van der Waals surface area contributed by atoms with Crippen molar-refractivity contribution in [1.29, 1.82) is 0 Å². The first-order chi connectivity index (χ1) is 12.1. The van der Waals surface area contributed by atoms with Crippen LogP contribution in [0.25, 0.3) is 11.1 Å². The quantitative estimate of drug-likeness (QED) is 0.880. The number of carbonyl (C=O) groups is 2. The zero-order chi connectivity index (χ0) is 17.4. The monoisotopic (exact) mass is 337 g/mol. The van der Waals surface area contributed by atoms with E-state index in [-0.39, 0.29) is 16.9 Å². The second-order valence-electron chi connectivity index (χ2n) is 6.73. The third-order valence-electron chi connectivity index (χ3n) is 5.05. The molecule has 0 atom stereocenters. The molecular formula is C20H19NO4. The summed E-state index contributed by atoms with van der Waals surface area (Å²) >= 11 is 0. The lowest BCUT2D eigenvalue weighted by Crippen LogP contribution is -2.49. The van der Waals surface area contributed by atoms with Gasteiger partial charge in [-0.1, -0.05) is 18.2 Å². The van der Waals surface area contributed by atoms with E-state index in [1.54, 1.807) is 18.2 Å². The Morgan fingerprint density at radius 1 is 1.08 bits per heavy atom. The summed E-state index contributed by atoms with van der Waals surface area (Å²) in [6, 6.07) is 12.3. The van der Waals surface area contributed by atoms with Gasteiger partial charge in [0, 0.05) is 12.8 Å². The van der Waals surface area contributed by atoms with Gasteiger partial charge in [-0.3, -0.25) is 4.79 Å². The van der Waals surface area contributed by atoms with Crippen molar-refractivity contribution in [2.75, 3.05) is 13.1 Å². The molecule has 1 fully saturated rings. The van der Waals surface area contributed by atoms with Gasteiger partial charge in [0.05, 0.1) is 17.5 Å². The third-order valence-corrected chi connectivity index (χ3v) is 5.05. The number of ketones is 1. The first kappa shape index (κ1) is 15.8. The fourth-order valence-corrected chi connectivity index (χ4v) is 3.67. The molecular weight excluding hydrogens is 318 g/mol. The van der Waals surface area contributed by atoms with Crippen LogP contribution >= 0.6 is 0 Å². The number of aromatic carboxylic acids is 1. The summed E-state index contributed by atoms with van der Waals surface area (Å²) in [6.07, 6.45) is 2.07. The fourth-order valence-electron chi connectivity index (χ4n) is 3.67. The van der Waals surface area contributed by atoms with E-state index in [1.165, 1.54) is 0 Å². The second kappa shape index (κ2) is 6.01. The Morgan fingerprint density at radius 2 is 1.84 bits per heavy atom. The lowest BCUT2D eigenvalue weighted by molar-refractivity contribution is 0.0187. The molecule has 4 rings (SSSR count). The SMILES string of the molecule is O=C(O)c1cccc(-c2ccc3c(c2)C(=O)CC2(CCNCC2)O3)c1. The van der Waals surface area contributed by atoms with Crippen LogP contribution in [0.1, 0.15) is 40.0 Å². The third kappa shape index (κ3) is 2.91. The van der Waals surface area contributed by atoms with Crippen molar-refractivity contribution < 1.29 is 19.4 Å². The normalized spacial score (nSPS) is 18.5. The molecule has 5 nitrogen and oxygen atoms in total. The number of ether oxygens (including phenoxy) is 1. The average Bonchev–Trinajstić information content (AvgIpc) is 2.62. The van der Waals surface area contributed by atoms with E-state index in [2.05, 4.69) is 5.32 Å². The topological polar surface area (TPSA) is 75.6 Å². The number of rotatable bonds is 2. The van der Waals surface area contributed by atoms with Crippen molar-refractivity contribution in [2.45, 2.75) is 24.9 Å². The van der Waals surface area contributed by atoms with Gasteiger partial charge in [0.1, 0.15) is 11.4 Å². The Kier molecular flexibility index (Phi) is 3.81. The highest BCUT2D eigenvalue weighted by atomic mass is 16.5. The number of benzene rings is 2. The predicted molar refractivity (Wildman–Crippen MR) is 93.2 cm³/mol. The van der Waals surface area contributed by atoms with Gasteiger partial charge < -0.3 is 15.2 Å². The summed E-state index contributed by atoms with van der Waals surface area (Å²) in [5.41, 5.74) is 2.03. The summed E-state index contributed by atoms with van der Waals surface area (Å²) in [6.45, 7) is 1.73. The van der Waals surface area contributed by atoms with E-state index in [1.807, 2.05) is 24.3 Å². The molecule has 2 N–H and O–H groups in total. The molecule has 1 spiro atoms. The average molecular weight is 337 g/mol. The van der Waals surface area contributed by atoms with Crippen molar-refractivity contribution in [1.82, 2.24) is 5.32 Å². The van der Waals surface area contributed by atoms with Crippen LogP contribution in [0.5, 0.6) is 5.75 Å². The van der Waals surface area contributed by atoms with Gasteiger partial charge in [-0.05, 0) is 48.5 Å². The van der Waals surface area contributed by atoms with Crippen LogP contribution < -0.4 is 10.1 Å². The van der Waals surface area contributed by atoms with E-state index in [0.717, 1.165) is 37.1 Å². The van der Waals surface area contributed by atoms with Crippen molar-refractivity contribution in [3.8, 4) is 16.9 Å². The van der Waals surface area contributed by atoms with Gasteiger partial charge in [0.15, 0.2) is 5.78 Å². The second-order valence-corrected chi connectivity index (χ2v) is 6.73. The summed E-state index contributed by atoms with van der Waals surface area (Å²) < 4.78 is 6.23. The van der Waals surface area contributed by atoms with Crippen LogP contribution in [0.2, 0.25) is 0 Å². The molecule has 0 bridgehead atoms. The number of nitrogens with one attached hydrogen (secondary N) is 1. The van der Waals surface area contributed by atoms with E-state index >= 15 is 0 Å². The number of Topliss-reactive ketones (excluding diaryl/α,β-unsaturated/α-hetero) is 1. The molecule has 1 saturated heterocycles. The molecule has 2 aromatic rings. The summed E-state index contributed by atoms with van der Waals surface area (Å²) in [5.74, 6) is -0.234. The van der Waals surface area contributed by atoms with E-state index < -0.39 is 5.97 Å². The van der Waals surface area contributed by atoms with Crippen molar-refractivity contribution >= 4 is 11.8 Å². The largest absolute Gasteiger partial charge is 0.486 e. The van der Waals surface area contributed by atoms with Gasteiger partial charge in [0.2, 0.25) is 0 Å². The first-order valence-corrected chi connectivity index (χ1v) is 8.47. The van der Waals surface area contributed by atoms with E-state index in [4.69, 9.17) is 9.84 Å². The molecule has 2 aromatic carbocycles. The highest BCUT2D eigenvalue weighted by molar-refractivity contribution is 6.01. The Bertz CT molecular complexity index is 853. The number of piperidine rings is 1. The molecule has 128 valence electrons. The zero-order valence-corrected chi connectivity index (χ0v) is 13.7. The summed E-state index contributed by atoms with van der Waals surface area (Å²) in [7, 11) is 0.